The maximum atomic E-state index is 13.5. The van der Waals surface area contributed by atoms with Gasteiger partial charge in [0.2, 0.25) is 5.91 Å². The number of esters is 2. The molecule has 9 rings (SSSR count). The molecule has 13 heteroatoms. The van der Waals surface area contributed by atoms with E-state index < -0.39 is 11.6 Å². The quantitative estimate of drug-likeness (QED) is 0.0400. The van der Waals surface area contributed by atoms with Crippen LogP contribution >= 0.6 is 12.2 Å². The van der Waals surface area contributed by atoms with Gasteiger partial charge in [-0.2, -0.15) is 0 Å². The van der Waals surface area contributed by atoms with Crippen LogP contribution in [0, 0.1) is 46.3 Å². The number of carbonyl (C=O) groups is 3. The second kappa shape index (κ2) is 19.9. The Bertz CT molecular complexity index is 2440. The molecule has 0 unspecified atom stereocenters. The minimum atomic E-state index is -1.35. The molecule has 370 valence electrons. The van der Waals surface area contributed by atoms with Gasteiger partial charge in [0, 0.05) is 60.4 Å². The van der Waals surface area contributed by atoms with E-state index in [4.69, 9.17) is 31.2 Å². The number of aromatic hydroxyl groups is 2. The number of anilines is 1. The summed E-state index contributed by atoms with van der Waals surface area (Å²) in [6, 6.07) is 14.5. The van der Waals surface area contributed by atoms with E-state index in [-0.39, 0.29) is 47.7 Å². The van der Waals surface area contributed by atoms with E-state index in [1.165, 1.54) is 81.2 Å². The van der Waals surface area contributed by atoms with Crippen molar-refractivity contribution < 1.29 is 43.5 Å². The number of nitrogens with one attached hydrogen (secondary N) is 3. The highest BCUT2D eigenvalue weighted by molar-refractivity contribution is 7.80. The van der Waals surface area contributed by atoms with Gasteiger partial charge in [0.1, 0.15) is 29.1 Å². The van der Waals surface area contributed by atoms with Gasteiger partial charge in [-0.3, -0.25) is 9.59 Å². The molecule has 0 aromatic heterocycles. The van der Waals surface area contributed by atoms with Gasteiger partial charge in [0.25, 0.3) is 0 Å². The number of carbonyl (C=O) groups excluding carboxylic acids is 3. The summed E-state index contributed by atoms with van der Waals surface area (Å²) in [5.41, 5.74) is 3.38. The van der Waals surface area contributed by atoms with E-state index >= 15 is 0 Å². The number of fused-ring (bicyclic) bond motifs is 11. The zero-order valence-corrected chi connectivity index (χ0v) is 41.8. The lowest BCUT2D eigenvalue weighted by molar-refractivity contribution is -0.152. The second-order valence-corrected chi connectivity index (χ2v) is 22.2. The summed E-state index contributed by atoms with van der Waals surface area (Å²) in [6.45, 7) is 13.7. The number of benzene rings is 3. The molecule has 69 heavy (non-hydrogen) atoms. The molecule has 12 nitrogen and oxygen atoms in total. The topological polar surface area (TPSA) is 165 Å². The minimum absolute atomic E-state index is 0.0167. The third kappa shape index (κ3) is 9.58. The molecule has 0 saturated heterocycles. The fraction of sp³-hybridized carbons (Fsp3) is 0.571. The first-order chi connectivity index (χ1) is 33.1. The van der Waals surface area contributed by atoms with Gasteiger partial charge < -0.3 is 45.1 Å². The smallest absolute Gasteiger partial charge is 0.340 e. The lowest BCUT2D eigenvalue weighted by atomic mass is 9.47. The molecule has 2 aliphatic heterocycles. The standard InChI is InChI=1S/C56H71N3O9S/c1-33(2)7-6-8-34(3)42-17-18-43-40-13-9-35-29-39(21-23-54(35,4)44(40)22-24-55(42,43)5)66-51(63)20-19-50(62)57-25-27-65-28-26-58-53(69)59-36-10-14-45-41(30-36)52(64)68-56(45)46-15-11-37(60)31-48(46)67-49-32-38(61)12-16-47(49)56/h9-12,14-16,30-34,39-40,42-44,60-61H,6-8,13,17-29H2,1-5H3,(H,57,62)(H2,58,59,69)/t34-,39+,40+,42-,43+,44+,54+,55-/m1/s1. The number of rotatable bonds is 16. The van der Waals surface area contributed by atoms with E-state index in [1.807, 2.05) is 0 Å². The van der Waals surface area contributed by atoms with Crippen molar-refractivity contribution >= 4 is 40.9 Å². The second-order valence-electron chi connectivity index (χ2n) is 21.8. The maximum Gasteiger partial charge on any atom is 0.340 e. The van der Waals surface area contributed by atoms with Gasteiger partial charge in [0.15, 0.2) is 10.7 Å². The molecule has 3 fully saturated rings. The number of thiocarbonyl (C=S) groups is 1. The van der Waals surface area contributed by atoms with Gasteiger partial charge in [-0.15, -0.1) is 0 Å². The Kier molecular flexibility index (Phi) is 14.1. The van der Waals surface area contributed by atoms with Crippen molar-refractivity contribution in [2.75, 3.05) is 31.6 Å². The van der Waals surface area contributed by atoms with Gasteiger partial charge >= 0.3 is 11.9 Å². The molecule has 6 aliphatic rings. The molecule has 1 spiro atoms. The van der Waals surface area contributed by atoms with Crippen LogP contribution in [0.2, 0.25) is 0 Å². The van der Waals surface area contributed by atoms with Gasteiger partial charge in [0.05, 0.1) is 25.2 Å². The van der Waals surface area contributed by atoms with Crippen molar-refractivity contribution in [1.82, 2.24) is 10.6 Å². The summed E-state index contributed by atoms with van der Waals surface area (Å²) in [5, 5.41) is 29.7. The van der Waals surface area contributed by atoms with Crippen molar-refractivity contribution in [1.29, 1.82) is 0 Å². The third-order valence-electron chi connectivity index (χ3n) is 17.2. The molecule has 0 bridgehead atoms. The maximum absolute atomic E-state index is 13.5. The Morgan fingerprint density at radius 1 is 0.841 bits per heavy atom. The molecule has 1 amide bonds. The number of phenolic OH excluding ortho intramolecular Hbond substituents is 2. The van der Waals surface area contributed by atoms with E-state index in [0.29, 0.717) is 76.3 Å². The van der Waals surface area contributed by atoms with Crippen LogP contribution in [0.1, 0.15) is 145 Å². The first-order valence-corrected chi connectivity index (χ1v) is 26.0. The normalized spacial score (nSPS) is 27.2. The van der Waals surface area contributed by atoms with Crippen molar-refractivity contribution in [3.63, 3.8) is 0 Å². The highest BCUT2D eigenvalue weighted by Gasteiger charge is 2.59. The van der Waals surface area contributed by atoms with Crippen molar-refractivity contribution in [2.45, 2.75) is 130 Å². The first-order valence-electron chi connectivity index (χ1n) is 25.6. The van der Waals surface area contributed by atoms with Gasteiger partial charge in [-0.1, -0.05) is 71.6 Å². The molecule has 3 aromatic rings. The van der Waals surface area contributed by atoms with Crippen LogP contribution in [0.5, 0.6) is 23.0 Å². The summed E-state index contributed by atoms with van der Waals surface area (Å²) < 4.78 is 23.9. The Balaban J connectivity index is 0.668. The zero-order chi connectivity index (χ0) is 48.7. The third-order valence-corrected chi connectivity index (χ3v) is 17.5. The fourth-order valence-corrected chi connectivity index (χ4v) is 14.1. The van der Waals surface area contributed by atoms with Crippen molar-refractivity contribution in [3.8, 4) is 23.0 Å². The number of allylic oxidation sites excluding steroid dienone is 1. The Hall–Kier alpha value is -5.14. The van der Waals surface area contributed by atoms with Crippen LogP contribution in [-0.4, -0.2) is 65.6 Å². The zero-order valence-electron chi connectivity index (χ0n) is 41.0. The molecule has 5 N–H and O–H groups in total. The fourth-order valence-electron chi connectivity index (χ4n) is 13.9. The number of phenols is 2. The summed E-state index contributed by atoms with van der Waals surface area (Å²) in [4.78, 5) is 39.1. The summed E-state index contributed by atoms with van der Waals surface area (Å²) >= 11 is 5.51. The lowest BCUT2D eigenvalue weighted by Gasteiger charge is -2.58. The highest BCUT2D eigenvalue weighted by Crippen LogP contribution is 2.67. The van der Waals surface area contributed by atoms with Gasteiger partial charge in [-0.25, -0.2) is 4.79 Å². The monoisotopic (exact) mass is 961 g/mol. The highest BCUT2D eigenvalue weighted by atomic mass is 32.1. The number of hydrogen-bond acceptors (Lipinski definition) is 10. The Morgan fingerprint density at radius 2 is 1.55 bits per heavy atom. The van der Waals surface area contributed by atoms with E-state index in [2.05, 4.69) is 56.6 Å². The predicted octanol–water partition coefficient (Wildman–Crippen LogP) is 10.8. The molecular formula is C56H71N3O9S. The summed E-state index contributed by atoms with van der Waals surface area (Å²) in [5.74, 6) is 4.27. The van der Waals surface area contributed by atoms with Crippen LogP contribution in [0.4, 0.5) is 5.69 Å². The predicted molar refractivity (Wildman–Crippen MR) is 268 cm³/mol. The van der Waals surface area contributed by atoms with Crippen LogP contribution in [0.25, 0.3) is 0 Å². The van der Waals surface area contributed by atoms with Gasteiger partial charge in [-0.05, 0) is 140 Å². The SMILES string of the molecule is CC(C)CCC[C@@H](C)[C@H]1CC[C@H]2[C@@H]3CC=C4C[C@@H](OC(=O)CCC(=O)NCCOCCNC(=S)Nc5ccc6c(c5)C(=O)OC65c6ccc(O)cc6Oc6cc(O)ccc65)CC[C@]4(C)[C@H]3CC[C@]12C. The van der Waals surface area contributed by atoms with E-state index in [1.54, 1.807) is 30.3 Å². The Labute approximate surface area is 412 Å². The molecule has 3 saturated carbocycles. The van der Waals surface area contributed by atoms with Crippen LogP contribution in [0.15, 0.2) is 66.2 Å². The van der Waals surface area contributed by atoms with Crippen LogP contribution < -0.4 is 20.7 Å². The number of amides is 1. The van der Waals surface area contributed by atoms with Crippen LogP contribution in [0.3, 0.4) is 0 Å². The summed E-state index contributed by atoms with van der Waals surface area (Å²) in [6.07, 6.45) is 16.0. The molecule has 0 radical (unpaired) electrons. The van der Waals surface area contributed by atoms with E-state index in [0.717, 1.165) is 54.8 Å². The largest absolute Gasteiger partial charge is 0.508 e. The average molecular weight is 962 g/mol. The van der Waals surface area contributed by atoms with E-state index in [9.17, 15) is 24.6 Å². The molecule has 2 heterocycles. The van der Waals surface area contributed by atoms with Crippen molar-refractivity contribution in [2.24, 2.45) is 46.3 Å². The lowest BCUT2D eigenvalue weighted by Crippen LogP contribution is -2.51. The molecular weight excluding hydrogens is 891 g/mol. The number of ether oxygens (including phenoxy) is 4. The molecule has 4 aliphatic carbocycles. The Morgan fingerprint density at radius 3 is 2.28 bits per heavy atom. The number of hydrogen-bond donors (Lipinski definition) is 5. The minimum Gasteiger partial charge on any atom is -0.508 e. The molecule has 3 aromatic carbocycles. The van der Waals surface area contributed by atoms with Crippen molar-refractivity contribution in [3.05, 3.63) is 88.5 Å². The molecule has 8 atom stereocenters. The van der Waals surface area contributed by atoms with Crippen LogP contribution in [-0.2, 0) is 29.4 Å². The summed E-state index contributed by atoms with van der Waals surface area (Å²) in [7, 11) is 0. The first kappa shape index (κ1) is 48.9. The average Bonchev–Trinajstić information content (AvgIpc) is 3.81.